The van der Waals surface area contributed by atoms with E-state index in [2.05, 4.69) is 0 Å². The van der Waals surface area contributed by atoms with Gasteiger partial charge in [-0.1, -0.05) is 35.3 Å². The number of hydrogen-bond donors (Lipinski definition) is 2. The van der Waals surface area contributed by atoms with Gasteiger partial charge in [-0.2, -0.15) is 4.72 Å². The molecule has 164 valence electrons. The number of carbonyl (C=O) groups excluding carboxylic acids is 3. The Bertz CT molecular complexity index is 1130. The predicted octanol–water partition coefficient (Wildman–Crippen LogP) is 1.82. The molecule has 0 aromatic heterocycles. The highest BCUT2D eigenvalue weighted by Crippen LogP contribution is 2.25. The molecule has 12 heteroatoms. The number of rotatable bonds is 7. The van der Waals surface area contributed by atoms with E-state index in [-0.39, 0.29) is 26.1 Å². The van der Waals surface area contributed by atoms with Crippen LogP contribution in [0.25, 0.3) is 0 Å². The molecule has 0 radical (unpaired) electrons. The van der Waals surface area contributed by atoms with Crippen LogP contribution in [0, 0.1) is 0 Å². The van der Waals surface area contributed by atoms with Crippen molar-refractivity contribution in [1.29, 1.82) is 0 Å². The number of carbonyl (C=O) groups is 3. The molecule has 9 nitrogen and oxygen atoms in total. The second kappa shape index (κ2) is 8.93. The Balaban J connectivity index is 1.72. The summed E-state index contributed by atoms with van der Waals surface area (Å²) in [4.78, 5) is 37.5. The summed E-state index contributed by atoms with van der Waals surface area (Å²) in [5, 5.41) is 10.0. The van der Waals surface area contributed by atoms with Gasteiger partial charge in [-0.15, -0.1) is 0 Å². The zero-order valence-electron chi connectivity index (χ0n) is 15.9. The molecule has 0 aliphatic carbocycles. The van der Waals surface area contributed by atoms with E-state index in [1.54, 1.807) is 12.1 Å². The third-order valence-electron chi connectivity index (χ3n) is 4.43. The molecule has 2 aromatic carbocycles. The lowest BCUT2D eigenvalue weighted by Gasteiger charge is -2.21. The van der Waals surface area contributed by atoms with E-state index in [1.165, 1.54) is 31.2 Å². The summed E-state index contributed by atoms with van der Waals surface area (Å²) in [5.41, 5.74) is 0.326. The number of nitrogens with one attached hydrogen (secondary N) is 1. The van der Waals surface area contributed by atoms with E-state index in [1.807, 2.05) is 4.72 Å². The van der Waals surface area contributed by atoms with Crippen LogP contribution < -0.4 is 4.72 Å². The van der Waals surface area contributed by atoms with E-state index in [0.29, 0.717) is 4.90 Å². The Morgan fingerprint density at radius 1 is 1.10 bits per heavy atom. The first kappa shape index (κ1) is 23.2. The van der Waals surface area contributed by atoms with E-state index < -0.39 is 46.7 Å². The lowest BCUT2D eigenvalue weighted by molar-refractivity contribution is -0.150. The molecule has 1 aliphatic heterocycles. The summed E-state index contributed by atoms with van der Waals surface area (Å²) < 4.78 is 32.1. The Labute approximate surface area is 187 Å². The lowest BCUT2D eigenvalue weighted by atomic mass is 10.1. The third kappa shape index (κ3) is 4.73. The van der Waals surface area contributed by atoms with Gasteiger partial charge in [0.2, 0.25) is 10.0 Å². The standard InChI is InChI=1S/C19H16Cl2N2O7S/c1-10(24)16(22-31(28,29)11-6-7-14(20)15(21)8-11)19(27)30-9-23-17(25)12-4-2-3-5-13(12)18(23)26/h2-8,10,16,22,24H,9H2,1H3/t10-,16-/m1/s1. The van der Waals surface area contributed by atoms with Gasteiger partial charge in [-0.05, 0) is 37.3 Å². The summed E-state index contributed by atoms with van der Waals surface area (Å²) in [7, 11) is -4.29. The van der Waals surface area contributed by atoms with Crippen LogP contribution >= 0.6 is 23.2 Å². The number of aliphatic hydroxyl groups is 1. The minimum Gasteiger partial charge on any atom is -0.442 e. The zero-order chi connectivity index (χ0) is 22.9. The molecular weight excluding hydrogens is 471 g/mol. The van der Waals surface area contributed by atoms with E-state index >= 15 is 0 Å². The molecule has 0 saturated carbocycles. The van der Waals surface area contributed by atoms with Crippen molar-refractivity contribution in [2.45, 2.75) is 24.0 Å². The molecule has 0 spiro atoms. The van der Waals surface area contributed by atoms with Crippen molar-refractivity contribution >= 4 is 51.0 Å². The summed E-state index contributed by atoms with van der Waals surface area (Å²) in [6.45, 7) is 0.425. The van der Waals surface area contributed by atoms with Crippen LogP contribution in [0.2, 0.25) is 10.0 Å². The Morgan fingerprint density at radius 2 is 1.68 bits per heavy atom. The van der Waals surface area contributed by atoms with Crippen LogP contribution in [0.1, 0.15) is 27.6 Å². The normalized spacial score (nSPS) is 15.5. The van der Waals surface area contributed by atoms with Gasteiger partial charge in [-0.3, -0.25) is 14.4 Å². The number of sulfonamides is 1. The third-order valence-corrected chi connectivity index (χ3v) is 6.61. The first-order valence-electron chi connectivity index (χ1n) is 8.80. The highest BCUT2D eigenvalue weighted by molar-refractivity contribution is 7.89. The summed E-state index contributed by atoms with van der Waals surface area (Å²) in [6.07, 6.45) is -1.49. The van der Waals surface area contributed by atoms with Gasteiger partial charge in [0.25, 0.3) is 11.8 Å². The zero-order valence-corrected chi connectivity index (χ0v) is 18.2. The van der Waals surface area contributed by atoms with Crippen LogP contribution in [0.4, 0.5) is 0 Å². The quantitative estimate of drug-likeness (QED) is 0.450. The van der Waals surface area contributed by atoms with Gasteiger partial charge in [-0.25, -0.2) is 13.3 Å². The SMILES string of the molecule is C[C@@H](O)[C@@H](NS(=O)(=O)c1ccc(Cl)c(Cl)c1)C(=O)OCN1C(=O)c2ccccc2C1=O. The van der Waals surface area contributed by atoms with Crippen LogP contribution in [-0.2, 0) is 19.6 Å². The molecule has 2 N–H and O–H groups in total. The summed E-state index contributed by atoms with van der Waals surface area (Å²) >= 11 is 11.6. The van der Waals surface area contributed by atoms with Crippen molar-refractivity contribution in [2.75, 3.05) is 6.73 Å². The molecule has 0 bridgehead atoms. The minimum atomic E-state index is -4.29. The second-order valence-corrected chi connectivity index (χ2v) is 9.12. The van der Waals surface area contributed by atoms with Gasteiger partial charge in [0, 0.05) is 0 Å². The number of fused-ring (bicyclic) bond motifs is 1. The number of esters is 1. The number of ether oxygens (including phenoxy) is 1. The molecule has 0 fully saturated rings. The molecule has 1 aliphatic rings. The van der Waals surface area contributed by atoms with Crippen molar-refractivity contribution < 1.29 is 32.6 Å². The van der Waals surface area contributed by atoms with Crippen molar-refractivity contribution in [3.8, 4) is 0 Å². The molecule has 2 amide bonds. The molecule has 0 unspecified atom stereocenters. The second-order valence-electron chi connectivity index (χ2n) is 6.59. The monoisotopic (exact) mass is 486 g/mol. The summed E-state index contributed by atoms with van der Waals surface area (Å²) in [5.74, 6) is -2.49. The molecular formula is C19H16Cl2N2O7S. The van der Waals surface area contributed by atoms with Crippen LogP contribution in [0.15, 0.2) is 47.4 Å². The average Bonchev–Trinajstić information content (AvgIpc) is 2.96. The predicted molar refractivity (Wildman–Crippen MR) is 110 cm³/mol. The number of benzene rings is 2. The van der Waals surface area contributed by atoms with E-state index in [0.717, 1.165) is 6.07 Å². The van der Waals surface area contributed by atoms with Crippen LogP contribution in [-0.4, -0.2) is 55.1 Å². The number of halogens is 2. The Hall–Kier alpha value is -2.50. The smallest absolute Gasteiger partial charge is 0.328 e. The van der Waals surface area contributed by atoms with Crippen molar-refractivity contribution in [1.82, 2.24) is 9.62 Å². The fraction of sp³-hybridized carbons (Fsp3) is 0.211. The van der Waals surface area contributed by atoms with Crippen LogP contribution in [0.3, 0.4) is 0 Å². The maximum Gasteiger partial charge on any atom is 0.328 e. The first-order chi connectivity index (χ1) is 14.5. The fourth-order valence-corrected chi connectivity index (χ4v) is 4.44. The molecule has 31 heavy (non-hydrogen) atoms. The highest BCUT2D eigenvalue weighted by Gasteiger charge is 2.37. The van der Waals surface area contributed by atoms with E-state index in [9.17, 15) is 27.9 Å². The van der Waals surface area contributed by atoms with Crippen molar-refractivity contribution in [2.24, 2.45) is 0 Å². The van der Waals surface area contributed by atoms with Crippen molar-refractivity contribution in [3.63, 3.8) is 0 Å². The molecule has 3 rings (SSSR count). The largest absolute Gasteiger partial charge is 0.442 e. The van der Waals surface area contributed by atoms with E-state index in [4.69, 9.17) is 27.9 Å². The Morgan fingerprint density at radius 3 is 2.19 bits per heavy atom. The number of hydrogen-bond acceptors (Lipinski definition) is 7. The van der Waals surface area contributed by atoms with Gasteiger partial charge in [0.1, 0.15) is 6.04 Å². The minimum absolute atomic E-state index is 0.0219. The Kier molecular flexibility index (Phi) is 6.68. The highest BCUT2D eigenvalue weighted by atomic mass is 35.5. The first-order valence-corrected chi connectivity index (χ1v) is 11.0. The topological polar surface area (TPSA) is 130 Å². The summed E-state index contributed by atoms with van der Waals surface area (Å²) in [6, 6.07) is 7.88. The molecule has 0 saturated heterocycles. The molecule has 2 aromatic rings. The number of imide groups is 1. The van der Waals surface area contributed by atoms with Crippen LogP contribution in [0.5, 0.6) is 0 Å². The van der Waals surface area contributed by atoms with Gasteiger partial charge in [0.15, 0.2) is 6.73 Å². The average molecular weight is 487 g/mol. The lowest BCUT2D eigenvalue weighted by Crippen LogP contribution is -2.49. The number of nitrogens with zero attached hydrogens (tertiary/aromatic N) is 1. The number of amides is 2. The maximum atomic E-state index is 12.6. The maximum absolute atomic E-state index is 12.6. The van der Waals surface area contributed by atoms with Gasteiger partial charge < -0.3 is 9.84 Å². The molecule has 2 atom stereocenters. The fourth-order valence-electron chi connectivity index (χ4n) is 2.80. The van der Waals surface area contributed by atoms with Gasteiger partial charge >= 0.3 is 5.97 Å². The van der Waals surface area contributed by atoms with Gasteiger partial charge in [0.05, 0.1) is 32.2 Å². The van der Waals surface area contributed by atoms with Crippen molar-refractivity contribution in [3.05, 3.63) is 63.6 Å². The number of aliphatic hydroxyl groups excluding tert-OH is 1. The molecule has 1 heterocycles.